The molecule has 2 rings (SSSR count). The van der Waals surface area contributed by atoms with E-state index in [1.54, 1.807) is 18.3 Å². The maximum atomic E-state index is 10.3. The minimum atomic E-state index is 0.0937. The Hall–Kier alpha value is -1.91. The highest BCUT2D eigenvalue weighted by Gasteiger charge is 2.02. The summed E-state index contributed by atoms with van der Waals surface area (Å²) in [4.78, 5) is 14.1. The van der Waals surface area contributed by atoms with Gasteiger partial charge in [-0.3, -0.25) is 4.79 Å². The fourth-order valence-corrected chi connectivity index (χ4v) is 1.03. The van der Waals surface area contributed by atoms with Crippen LogP contribution >= 0.6 is 0 Å². The second-order valence-corrected chi connectivity index (χ2v) is 2.31. The third-order valence-corrected chi connectivity index (χ3v) is 1.54. The summed E-state index contributed by atoms with van der Waals surface area (Å²) in [5.74, 6) is 0.410. The zero-order valence-electron chi connectivity index (χ0n) is 6.14. The standard InChI is InChI=1S/C7H6N4O/c8-7-5-2-1-3-11(5)10-6(4-12)9-7/h1-4H,(H2,8,9,10). The lowest BCUT2D eigenvalue weighted by Crippen LogP contribution is -2.04. The van der Waals surface area contributed by atoms with E-state index in [9.17, 15) is 4.79 Å². The molecule has 12 heavy (non-hydrogen) atoms. The van der Waals surface area contributed by atoms with Crippen LogP contribution in [-0.2, 0) is 0 Å². The van der Waals surface area contributed by atoms with Gasteiger partial charge in [0, 0.05) is 6.20 Å². The van der Waals surface area contributed by atoms with Crippen LogP contribution in [0.1, 0.15) is 10.6 Å². The summed E-state index contributed by atoms with van der Waals surface area (Å²) in [5.41, 5.74) is 6.26. The number of anilines is 1. The molecule has 5 nitrogen and oxygen atoms in total. The van der Waals surface area contributed by atoms with Gasteiger partial charge in [0.2, 0.25) is 5.82 Å². The highest BCUT2D eigenvalue weighted by Crippen LogP contribution is 2.08. The predicted molar refractivity (Wildman–Crippen MR) is 42.8 cm³/mol. The van der Waals surface area contributed by atoms with Crippen molar-refractivity contribution in [2.24, 2.45) is 0 Å². The van der Waals surface area contributed by atoms with Crippen molar-refractivity contribution in [2.75, 3.05) is 5.73 Å². The molecule has 0 bridgehead atoms. The molecule has 2 aromatic heterocycles. The molecule has 0 radical (unpaired) electrons. The summed E-state index contributed by atoms with van der Waals surface area (Å²) in [6.07, 6.45) is 2.27. The minimum absolute atomic E-state index is 0.0937. The van der Waals surface area contributed by atoms with Crippen LogP contribution in [0, 0.1) is 0 Å². The van der Waals surface area contributed by atoms with Gasteiger partial charge in [-0.2, -0.15) is 0 Å². The molecule has 0 aliphatic carbocycles. The van der Waals surface area contributed by atoms with Gasteiger partial charge in [-0.1, -0.05) is 0 Å². The Morgan fingerprint density at radius 1 is 1.58 bits per heavy atom. The van der Waals surface area contributed by atoms with E-state index < -0.39 is 0 Å². The van der Waals surface area contributed by atoms with Gasteiger partial charge in [-0.15, -0.1) is 5.10 Å². The number of rotatable bonds is 1. The van der Waals surface area contributed by atoms with Gasteiger partial charge in [-0.25, -0.2) is 9.50 Å². The first-order chi connectivity index (χ1) is 5.81. The maximum absolute atomic E-state index is 10.3. The maximum Gasteiger partial charge on any atom is 0.214 e. The van der Waals surface area contributed by atoms with Crippen LogP contribution in [0.5, 0.6) is 0 Å². The third-order valence-electron chi connectivity index (χ3n) is 1.54. The Labute approximate surface area is 67.8 Å². The average molecular weight is 162 g/mol. The van der Waals surface area contributed by atoms with E-state index in [2.05, 4.69) is 10.1 Å². The van der Waals surface area contributed by atoms with Crippen molar-refractivity contribution in [3.05, 3.63) is 24.2 Å². The Morgan fingerprint density at radius 2 is 2.42 bits per heavy atom. The third kappa shape index (κ3) is 0.833. The fourth-order valence-electron chi connectivity index (χ4n) is 1.03. The van der Waals surface area contributed by atoms with Crippen molar-refractivity contribution < 1.29 is 4.79 Å². The Bertz CT molecular complexity index is 434. The smallest absolute Gasteiger partial charge is 0.214 e. The molecule has 0 fully saturated rings. The van der Waals surface area contributed by atoms with E-state index in [0.717, 1.165) is 0 Å². The summed E-state index contributed by atoms with van der Waals surface area (Å²) in [6, 6.07) is 3.57. The van der Waals surface area contributed by atoms with Crippen molar-refractivity contribution in [1.29, 1.82) is 0 Å². The lowest BCUT2D eigenvalue weighted by Gasteiger charge is -1.97. The number of aldehydes is 1. The molecule has 2 aromatic rings. The molecule has 2 heterocycles. The van der Waals surface area contributed by atoms with Crippen molar-refractivity contribution in [1.82, 2.24) is 14.6 Å². The summed E-state index contributed by atoms with van der Waals surface area (Å²) in [5, 5.41) is 3.87. The molecule has 2 N–H and O–H groups in total. The lowest BCUT2D eigenvalue weighted by atomic mass is 10.5. The van der Waals surface area contributed by atoms with Crippen LogP contribution in [0.4, 0.5) is 5.82 Å². The van der Waals surface area contributed by atoms with Gasteiger partial charge in [0.1, 0.15) is 5.52 Å². The largest absolute Gasteiger partial charge is 0.382 e. The number of hydrogen-bond donors (Lipinski definition) is 1. The van der Waals surface area contributed by atoms with Crippen LogP contribution in [0.15, 0.2) is 18.3 Å². The Balaban J connectivity index is 2.83. The molecule has 0 saturated carbocycles. The van der Waals surface area contributed by atoms with Gasteiger partial charge in [0.05, 0.1) is 0 Å². The molecular formula is C7H6N4O. The molecule has 5 heteroatoms. The Morgan fingerprint density at radius 3 is 3.17 bits per heavy atom. The molecule has 0 amide bonds. The quantitative estimate of drug-likeness (QED) is 0.604. The highest BCUT2D eigenvalue weighted by atomic mass is 16.1. The van der Waals surface area contributed by atoms with Crippen molar-refractivity contribution in [3.63, 3.8) is 0 Å². The Kier molecular flexibility index (Phi) is 1.30. The lowest BCUT2D eigenvalue weighted by molar-refractivity contribution is 0.111. The zero-order chi connectivity index (χ0) is 8.55. The van der Waals surface area contributed by atoms with E-state index in [-0.39, 0.29) is 5.82 Å². The number of fused-ring (bicyclic) bond motifs is 1. The molecule has 0 saturated heterocycles. The second kappa shape index (κ2) is 2.30. The average Bonchev–Trinajstić information content (AvgIpc) is 2.52. The molecule has 0 aliphatic rings. The molecule has 0 unspecified atom stereocenters. The van der Waals surface area contributed by atoms with Crippen molar-refractivity contribution in [3.8, 4) is 0 Å². The highest BCUT2D eigenvalue weighted by molar-refractivity contribution is 5.72. The topological polar surface area (TPSA) is 73.3 Å². The number of nitrogen functional groups attached to an aromatic ring is 1. The van der Waals surface area contributed by atoms with Crippen molar-refractivity contribution >= 4 is 17.6 Å². The number of nitrogens with two attached hydrogens (primary N) is 1. The number of carbonyl (C=O) groups excluding carboxylic acids is 1. The van der Waals surface area contributed by atoms with E-state index in [0.29, 0.717) is 17.6 Å². The summed E-state index contributed by atoms with van der Waals surface area (Å²) >= 11 is 0. The van der Waals surface area contributed by atoms with Crippen molar-refractivity contribution in [2.45, 2.75) is 0 Å². The van der Waals surface area contributed by atoms with Crippen LogP contribution in [-0.4, -0.2) is 20.9 Å². The molecule has 0 atom stereocenters. The number of carbonyl (C=O) groups is 1. The number of aromatic nitrogens is 3. The molecule has 0 aromatic carbocycles. The summed E-state index contributed by atoms with van der Waals surface area (Å²) in [7, 11) is 0. The van der Waals surface area contributed by atoms with E-state index in [1.165, 1.54) is 4.52 Å². The van der Waals surface area contributed by atoms with Gasteiger partial charge in [0.15, 0.2) is 12.1 Å². The van der Waals surface area contributed by atoms with Crippen LogP contribution in [0.3, 0.4) is 0 Å². The fraction of sp³-hybridized carbons (Fsp3) is 0. The second-order valence-electron chi connectivity index (χ2n) is 2.31. The van der Waals surface area contributed by atoms with E-state index in [1.807, 2.05) is 0 Å². The number of hydrogen-bond acceptors (Lipinski definition) is 4. The monoisotopic (exact) mass is 162 g/mol. The van der Waals surface area contributed by atoms with Crippen LogP contribution in [0.2, 0.25) is 0 Å². The normalized spacial score (nSPS) is 10.3. The predicted octanol–water partition coefficient (Wildman–Crippen LogP) is 0.124. The summed E-state index contributed by atoms with van der Waals surface area (Å²) < 4.78 is 1.52. The number of nitrogens with zero attached hydrogens (tertiary/aromatic N) is 3. The van der Waals surface area contributed by atoms with E-state index in [4.69, 9.17) is 5.73 Å². The van der Waals surface area contributed by atoms with Crippen LogP contribution in [0.25, 0.3) is 5.52 Å². The molecular weight excluding hydrogens is 156 g/mol. The zero-order valence-corrected chi connectivity index (χ0v) is 6.14. The molecule has 0 spiro atoms. The molecule has 60 valence electrons. The SMILES string of the molecule is Nc1nc(C=O)nn2cccc12. The van der Waals surface area contributed by atoms with Gasteiger partial charge < -0.3 is 5.73 Å². The van der Waals surface area contributed by atoms with Crippen LogP contribution < -0.4 is 5.73 Å². The summed E-state index contributed by atoms with van der Waals surface area (Å²) in [6.45, 7) is 0. The minimum Gasteiger partial charge on any atom is -0.382 e. The molecule has 0 aliphatic heterocycles. The van der Waals surface area contributed by atoms with Gasteiger partial charge in [0.25, 0.3) is 0 Å². The first-order valence-electron chi connectivity index (χ1n) is 3.37. The van der Waals surface area contributed by atoms with E-state index >= 15 is 0 Å². The first-order valence-corrected chi connectivity index (χ1v) is 3.37. The van der Waals surface area contributed by atoms with Gasteiger partial charge in [-0.05, 0) is 12.1 Å². The first kappa shape index (κ1) is 6.78. The van der Waals surface area contributed by atoms with Gasteiger partial charge >= 0.3 is 0 Å².